The molecule has 0 aliphatic rings. The molecule has 0 radical (unpaired) electrons. The second-order valence-corrected chi connectivity index (χ2v) is 3.74. The first-order valence-corrected chi connectivity index (χ1v) is 4.89. The summed E-state index contributed by atoms with van der Waals surface area (Å²) in [5.41, 5.74) is 1.48. The number of benzene rings is 1. The van der Waals surface area contributed by atoms with Gasteiger partial charge in [0.05, 0.1) is 0 Å². The predicted octanol–water partition coefficient (Wildman–Crippen LogP) is 1.82. The molecule has 0 saturated heterocycles. The van der Waals surface area contributed by atoms with Crippen LogP contribution in [0.4, 0.5) is 5.95 Å². The van der Waals surface area contributed by atoms with Crippen molar-refractivity contribution in [1.29, 1.82) is 0 Å². The smallest absolute Gasteiger partial charge is 0.265 e. The monoisotopic (exact) mass is 219 g/mol. The van der Waals surface area contributed by atoms with Crippen molar-refractivity contribution >= 4 is 5.95 Å². The molecule has 1 aromatic carbocycles. The van der Waals surface area contributed by atoms with Gasteiger partial charge in [0, 0.05) is 25.2 Å². The Morgan fingerprint density at radius 3 is 2.69 bits per heavy atom. The highest BCUT2D eigenvalue weighted by Crippen LogP contribution is 2.28. The molecule has 16 heavy (non-hydrogen) atoms. The van der Waals surface area contributed by atoms with Crippen LogP contribution in [0.25, 0.3) is 11.5 Å². The fourth-order valence-corrected chi connectivity index (χ4v) is 1.36. The molecule has 1 N–H and O–H groups in total. The van der Waals surface area contributed by atoms with Gasteiger partial charge in [-0.2, -0.15) is 4.98 Å². The van der Waals surface area contributed by atoms with E-state index >= 15 is 0 Å². The Hall–Kier alpha value is -2.04. The molecule has 0 saturated carbocycles. The first-order valence-electron chi connectivity index (χ1n) is 4.89. The van der Waals surface area contributed by atoms with Crippen LogP contribution in [0.2, 0.25) is 0 Å². The second-order valence-electron chi connectivity index (χ2n) is 3.74. The van der Waals surface area contributed by atoms with E-state index in [1.807, 2.05) is 27.1 Å². The van der Waals surface area contributed by atoms with Gasteiger partial charge in [-0.25, -0.2) is 0 Å². The summed E-state index contributed by atoms with van der Waals surface area (Å²) in [6.07, 6.45) is 0. The highest BCUT2D eigenvalue weighted by Gasteiger charge is 2.13. The van der Waals surface area contributed by atoms with Gasteiger partial charge < -0.3 is 14.5 Å². The molecule has 5 heteroatoms. The van der Waals surface area contributed by atoms with Crippen molar-refractivity contribution in [2.75, 3.05) is 19.0 Å². The lowest BCUT2D eigenvalue weighted by molar-refractivity contribution is 0.429. The van der Waals surface area contributed by atoms with Crippen LogP contribution in [-0.4, -0.2) is 29.3 Å². The minimum absolute atomic E-state index is 0.224. The number of anilines is 1. The summed E-state index contributed by atoms with van der Waals surface area (Å²) in [4.78, 5) is 5.97. The molecule has 84 valence electrons. The standard InChI is InChI=1S/C11H13N3O2/c1-7-8(5-4-6-9(7)15)10-12-11(13-16-10)14(2)3/h4-6,15H,1-3H3. The fourth-order valence-electron chi connectivity index (χ4n) is 1.36. The number of hydrogen-bond acceptors (Lipinski definition) is 5. The maximum atomic E-state index is 9.58. The fraction of sp³-hybridized carbons (Fsp3) is 0.273. The molecule has 0 aliphatic carbocycles. The third-order valence-corrected chi connectivity index (χ3v) is 2.35. The molecule has 0 fully saturated rings. The summed E-state index contributed by atoms with van der Waals surface area (Å²) in [6.45, 7) is 1.81. The second kappa shape index (κ2) is 3.84. The Labute approximate surface area is 93.3 Å². The van der Waals surface area contributed by atoms with E-state index in [0.717, 1.165) is 11.1 Å². The number of nitrogens with zero attached hydrogens (tertiary/aromatic N) is 3. The number of rotatable bonds is 2. The van der Waals surface area contributed by atoms with E-state index in [1.165, 1.54) is 0 Å². The first-order chi connectivity index (χ1) is 7.59. The van der Waals surface area contributed by atoms with Gasteiger partial charge in [-0.3, -0.25) is 0 Å². The largest absolute Gasteiger partial charge is 0.508 e. The van der Waals surface area contributed by atoms with Crippen LogP contribution < -0.4 is 4.90 Å². The highest BCUT2D eigenvalue weighted by atomic mass is 16.5. The Bertz CT molecular complexity index is 506. The minimum Gasteiger partial charge on any atom is -0.508 e. The lowest BCUT2D eigenvalue weighted by Gasteiger charge is -2.03. The molecular weight excluding hydrogens is 206 g/mol. The molecule has 2 aromatic rings. The van der Waals surface area contributed by atoms with E-state index < -0.39 is 0 Å². The third-order valence-electron chi connectivity index (χ3n) is 2.35. The lowest BCUT2D eigenvalue weighted by atomic mass is 10.1. The quantitative estimate of drug-likeness (QED) is 0.834. The van der Waals surface area contributed by atoms with Crippen molar-refractivity contribution < 1.29 is 9.63 Å². The van der Waals surface area contributed by atoms with Crippen molar-refractivity contribution in [3.63, 3.8) is 0 Å². The summed E-state index contributed by atoms with van der Waals surface area (Å²) in [5, 5.41) is 13.4. The van der Waals surface area contributed by atoms with E-state index in [-0.39, 0.29) is 5.75 Å². The van der Waals surface area contributed by atoms with Gasteiger partial charge in [0.15, 0.2) is 0 Å². The summed E-state index contributed by atoms with van der Waals surface area (Å²) < 4.78 is 5.13. The SMILES string of the molecule is Cc1c(O)cccc1-c1nc(N(C)C)no1. The summed E-state index contributed by atoms with van der Waals surface area (Å²) in [5.74, 6) is 1.15. The van der Waals surface area contributed by atoms with Gasteiger partial charge in [0.2, 0.25) is 0 Å². The number of phenols is 1. The Kier molecular flexibility index (Phi) is 2.52. The lowest BCUT2D eigenvalue weighted by Crippen LogP contribution is -2.10. The van der Waals surface area contributed by atoms with Gasteiger partial charge in [-0.15, -0.1) is 0 Å². The van der Waals surface area contributed by atoms with Crippen LogP contribution in [0.3, 0.4) is 0 Å². The van der Waals surface area contributed by atoms with E-state index in [9.17, 15) is 5.11 Å². The average Bonchev–Trinajstić information content (AvgIpc) is 2.71. The van der Waals surface area contributed by atoms with Crippen molar-refractivity contribution in [2.45, 2.75) is 6.92 Å². The van der Waals surface area contributed by atoms with Gasteiger partial charge in [0.1, 0.15) is 5.75 Å². The normalized spacial score (nSPS) is 10.4. The maximum Gasteiger partial charge on any atom is 0.265 e. The summed E-state index contributed by atoms with van der Waals surface area (Å²) >= 11 is 0. The van der Waals surface area contributed by atoms with E-state index in [1.54, 1.807) is 17.0 Å². The van der Waals surface area contributed by atoms with Crippen LogP contribution in [0.5, 0.6) is 5.75 Å². The van der Waals surface area contributed by atoms with E-state index in [0.29, 0.717) is 11.8 Å². The third kappa shape index (κ3) is 1.71. The molecule has 0 unspecified atom stereocenters. The van der Waals surface area contributed by atoms with Gasteiger partial charge in [-0.1, -0.05) is 6.07 Å². The van der Waals surface area contributed by atoms with Crippen LogP contribution >= 0.6 is 0 Å². The molecular formula is C11H13N3O2. The number of aromatic nitrogens is 2. The zero-order valence-corrected chi connectivity index (χ0v) is 9.43. The van der Waals surface area contributed by atoms with Crippen molar-refractivity contribution in [1.82, 2.24) is 10.1 Å². The highest BCUT2D eigenvalue weighted by molar-refractivity contribution is 5.62. The van der Waals surface area contributed by atoms with Crippen LogP contribution in [0, 0.1) is 6.92 Å². The number of phenolic OH excluding ortho intramolecular Hbond substituents is 1. The van der Waals surface area contributed by atoms with Gasteiger partial charge in [0.25, 0.3) is 11.8 Å². The Morgan fingerprint density at radius 1 is 1.31 bits per heavy atom. The van der Waals surface area contributed by atoms with Crippen molar-refractivity contribution in [3.05, 3.63) is 23.8 Å². The van der Waals surface area contributed by atoms with Gasteiger partial charge in [-0.05, 0) is 24.2 Å². The van der Waals surface area contributed by atoms with Crippen LogP contribution in [-0.2, 0) is 0 Å². The van der Waals surface area contributed by atoms with E-state index in [2.05, 4.69) is 10.1 Å². The van der Waals surface area contributed by atoms with E-state index in [4.69, 9.17) is 4.52 Å². The van der Waals surface area contributed by atoms with Crippen molar-refractivity contribution in [2.24, 2.45) is 0 Å². The minimum atomic E-state index is 0.224. The van der Waals surface area contributed by atoms with Gasteiger partial charge >= 0.3 is 0 Å². The molecule has 0 atom stereocenters. The first kappa shape index (κ1) is 10.5. The molecule has 0 bridgehead atoms. The van der Waals surface area contributed by atoms with Crippen LogP contribution in [0.1, 0.15) is 5.56 Å². The summed E-state index contributed by atoms with van der Waals surface area (Å²) in [7, 11) is 3.67. The maximum absolute atomic E-state index is 9.58. The molecule has 1 aromatic heterocycles. The Balaban J connectivity index is 2.47. The average molecular weight is 219 g/mol. The summed E-state index contributed by atoms with van der Waals surface area (Å²) in [6, 6.07) is 5.21. The molecule has 0 spiro atoms. The molecule has 5 nitrogen and oxygen atoms in total. The molecule has 1 heterocycles. The molecule has 0 aliphatic heterocycles. The zero-order chi connectivity index (χ0) is 11.7. The zero-order valence-electron chi connectivity index (χ0n) is 9.43. The topological polar surface area (TPSA) is 62.4 Å². The molecule has 0 amide bonds. The number of aromatic hydroxyl groups is 1. The molecule has 2 rings (SSSR count). The van der Waals surface area contributed by atoms with Crippen LogP contribution in [0.15, 0.2) is 22.7 Å². The predicted molar refractivity (Wildman–Crippen MR) is 60.5 cm³/mol. The Morgan fingerprint density at radius 2 is 2.06 bits per heavy atom. The number of hydrogen-bond donors (Lipinski definition) is 1. The van der Waals surface area contributed by atoms with Crippen molar-refractivity contribution in [3.8, 4) is 17.2 Å².